The fourth-order valence-electron chi connectivity index (χ4n) is 3.92. The van der Waals surface area contributed by atoms with Crippen LogP contribution in [0.5, 0.6) is 0 Å². The van der Waals surface area contributed by atoms with E-state index in [0.29, 0.717) is 13.1 Å². The van der Waals surface area contributed by atoms with Gasteiger partial charge in [0.15, 0.2) is 0 Å². The number of benzene rings is 2. The van der Waals surface area contributed by atoms with Crippen molar-refractivity contribution in [3.63, 3.8) is 0 Å². The van der Waals surface area contributed by atoms with Crippen molar-refractivity contribution in [1.82, 2.24) is 15.3 Å². The van der Waals surface area contributed by atoms with Crippen molar-refractivity contribution in [2.45, 2.75) is 19.6 Å². The van der Waals surface area contributed by atoms with Crippen LogP contribution in [0, 0.1) is 6.92 Å². The summed E-state index contributed by atoms with van der Waals surface area (Å²) in [6.07, 6.45) is 1.11. The molecule has 3 aromatic heterocycles. The second kappa shape index (κ2) is 9.33. The molecule has 6 nitrogen and oxygen atoms in total. The van der Waals surface area contributed by atoms with Gasteiger partial charge in [0, 0.05) is 46.4 Å². The highest BCUT2D eigenvalue weighted by atomic mass is 32.1. The zero-order chi connectivity index (χ0) is 22.8. The zero-order valence-electron chi connectivity index (χ0n) is 18.3. The normalized spacial score (nSPS) is 12.5. The maximum Gasteiger partial charge on any atom is 0.0895 e. The van der Waals surface area contributed by atoms with E-state index in [2.05, 4.69) is 82.1 Å². The van der Waals surface area contributed by atoms with E-state index in [-0.39, 0.29) is 6.61 Å². The van der Waals surface area contributed by atoms with Crippen molar-refractivity contribution >= 4 is 43.8 Å². The van der Waals surface area contributed by atoms with Gasteiger partial charge in [-0.15, -0.1) is 11.3 Å². The molecule has 2 aromatic carbocycles. The van der Waals surface area contributed by atoms with Gasteiger partial charge in [-0.3, -0.25) is 4.98 Å². The highest BCUT2D eigenvalue weighted by Crippen LogP contribution is 2.37. The Morgan fingerprint density at radius 1 is 1.06 bits per heavy atom. The minimum absolute atomic E-state index is 0.233. The van der Waals surface area contributed by atoms with Crippen molar-refractivity contribution in [3.8, 4) is 10.4 Å². The first-order valence-electron chi connectivity index (χ1n) is 10.9. The van der Waals surface area contributed by atoms with Gasteiger partial charge in [0.05, 0.1) is 28.6 Å². The van der Waals surface area contributed by atoms with Crippen LogP contribution in [-0.4, -0.2) is 39.4 Å². The van der Waals surface area contributed by atoms with Gasteiger partial charge in [0.1, 0.15) is 0 Å². The largest absolute Gasteiger partial charge is 0.394 e. The third kappa shape index (κ3) is 4.77. The molecule has 3 heterocycles. The molecule has 0 saturated carbocycles. The lowest BCUT2D eigenvalue weighted by Gasteiger charge is -2.09. The minimum Gasteiger partial charge on any atom is -0.394 e. The number of thiophene rings is 1. The average Bonchev–Trinajstić information content (AvgIpc) is 3.42. The molecule has 33 heavy (non-hydrogen) atoms. The monoisotopic (exact) mass is 458 g/mol. The Morgan fingerprint density at radius 2 is 1.91 bits per heavy atom. The molecule has 1 atom stereocenters. The van der Waals surface area contributed by atoms with Crippen LogP contribution >= 0.6 is 11.3 Å². The van der Waals surface area contributed by atoms with Gasteiger partial charge in [-0.1, -0.05) is 24.3 Å². The lowest BCUT2D eigenvalue weighted by molar-refractivity contribution is 0.0942. The van der Waals surface area contributed by atoms with E-state index in [1.54, 1.807) is 11.3 Å². The van der Waals surface area contributed by atoms with Crippen molar-refractivity contribution in [1.29, 1.82) is 0 Å². The summed E-state index contributed by atoms with van der Waals surface area (Å²) in [4.78, 5) is 9.10. The third-order valence-corrected chi connectivity index (χ3v) is 6.81. The van der Waals surface area contributed by atoms with Gasteiger partial charge in [-0.05, 0) is 54.4 Å². The van der Waals surface area contributed by atoms with Gasteiger partial charge in [-0.2, -0.15) is 0 Å². The Hall–Kier alpha value is -3.23. The SMILES string of the molecule is Cc1cc2cc(Nc3ccnc4cc(-c5ccc(CNCC(O)CO)cc5)sc34)ccc2[nH]1. The maximum atomic E-state index is 9.44. The summed E-state index contributed by atoms with van der Waals surface area (Å²) in [6.45, 7) is 2.84. The van der Waals surface area contributed by atoms with E-state index < -0.39 is 6.10 Å². The van der Waals surface area contributed by atoms with Crippen molar-refractivity contribution in [3.05, 3.63) is 78.1 Å². The van der Waals surface area contributed by atoms with E-state index in [1.165, 1.54) is 10.3 Å². The summed E-state index contributed by atoms with van der Waals surface area (Å²) in [5, 5.41) is 26.2. The second-order valence-corrected chi connectivity index (χ2v) is 9.28. The van der Waals surface area contributed by atoms with E-state index in [0.717, 1.165) is 43.9 Å². The fourth-order valence-corrected chi connectivity index (χ4v) is 5.01. The standard InChI is InChI=1S/C26H26N4O2S/c1-16-10-19-11-20(6-7-22(19)29-16)30-23-8-9-28-24-12-25(33-26(23)24)18-4-2-17(3-5-18)13-27-14-21(32)15-31/h2-12,21,27,29,31-32H,13-15H2,1H3,(H,28,30). The molecule has 0 amide bonds. The van der Waals surface area contributed by atoms with Crippen molar-refractivity contribution in [2.24, 2.45) is 0 Å². The molecule has 0 bridgehead atoms. The first-order chi connectivity index (χ1) is 16.1. The molecule has 0 aliphatic rings. The fraction of sp³-hybridized carbons (Fsp3) is 0.192. The van der Waals surface area contributed by atoms with Crippen LogP contribution in [0.25, 0.3) is 31.6 Å². The van der Waals surface area contributed by atoms with E-state index >= 15 is 0 Å². The molecule has 5 rings (SSSR count). The van der Waals surface area contributed by atoms with Crippen LogP contribution in [0.3, 0.4) is 0 Å². The molecular formula is C26H26N4O2S. The smallest absolute Gasteiger partial charge is 0.0895 e. The number of hydrogen-bond donors (Lipinski definition) is 5. The summed E-state index contributed by atoms with van der Waals surface area (Å²) < 4.78 is 1.13. The molecule has 0 aliphatic heterocycles. The summed E-state index contributed by atoms with van der Waals surface area (Å²) in [5.74, 6) is 0. The first-order valence-corrected chi connectivity index (χ1v) is 11.7. The van der Waals surface area contributed by atoms with Crippen LogP contribution in [0.1, 0.15) is 11.3 Å². The molecule has 5 N–H and O–H groups in total. The number of aryl methyl sites for hydroxylation is 1. The second-order valence-electron chi connectivity index (χ2n) is 8.23. The van der Waals surface area contributed by atoms with Gasteiger partial charge in [0.2, 0.25) is 0 Å². The molecule has 1 unspecified atom stereocenters. The predicted molar refractivity (Wildman–Crippen MR) is 136 cm³/mol. The molecule has 0 saturated heterocycles. The Kier molecular flexibility index (Phi) is 6.11. The van der Waals surface area contributed by atoms with Crippen molar-refractivity contribution < 1.29 is 10.2 Å². The number of nitrogens with one attached hydrogen (secondary N) is 3. The summed E-state index contributed by atoms with van der Waals surface area (Å²) in [5.41, 5.74) is 7.63. The number of aliphatic hydroxyl groups is 2. The number of rotatable bonds is 8. The van der Waals surface area contributed by atoms with Crippen LogP contribution in [0.2, 0.25) is 0 Å². The number of nitrogens with zero attached hydrogens (tertiary/aromatic N) is 1. The predicted octanol–water partition coefficient (Wildman–Crippen LogP) is 4.94. The molecule has 168 valence electrons. The minimum atomic E-state index is -0.729. The number of aromatic amines is 1. The Bertz CT molecular complexity index is 1390. The molecule has 0 aliphatic carbocycles. The number of fused-ring (bicyclic) bond motifs is 2. The average molecular weight is 459 g/mol. The molecule has 7 heteroatoms. The topological polar surface area (TPSA) is 93.2 Å². The number of H-pyrrole nitrogens is 1. The van der Waals surface area contributed by atoms with Gasteiger partial charge in [0.25, 0.3) is 0 Å². The Morgan fingerprint density at radius 3 is 2.73 bits per heavy atom. The van der Waals surface area contributed by atoms with Gasteiger partial charge < -0.3 is 25.8 Å². The lowest BCUT2D eigenvalue weighted by atomic mass is 10.1. The third-order valence-electron chi connectivity index (χ3n) is 5.60. The van der Waals surface area contributed by atoms with E-state index in [1.807, 2.05) is 12.3 Å². The maximum absolute atomic E-state index is 9.44. The van der Waals surface area contributed by atoms with Crippen LogP contribution in [0.4, 0.5) is 11.4 Å². The number of hydrogen-bond acceptors (Lipinski definition) is 6. The number of pyridine rings is 1. The first kappa shape index (κ1) is 21.6. The van der Waals surface area contributed by atoms with E-state index in [4.69, 9.17) is 5.11 Å². The quantitative estimate of drug-likeness (QED) is 0.227. The molecule has 0 fully saturated rings. The highest BCUT2D eigenvalue weighted by Gasteiger charge is 2.10. The Labute approximate surface area is 195 Å². The number of aromatic nitrogens is 2. The molecule has 0 radical (unpaired) electrons. The zero-order valence-corrected chi connectivity index (χ0v) is 19.1. The van der Waals surface area contributed by atoms with Gasteiger partial charge in [-0.25, -0.2) is 0 Å². The number of anilines is 2. The summed E-state index contributed by atoms with van der Waals surface area (Å²) in [6, 6.07) is 21.0. The van der Waals surface area contributed by atoms with Gasteiger partial charge >= 0.3 is 0 Å². The highest BCUT2D eigenvalue weighted by molar-refractivity contribution is 7.22. The van der Waals surface area contributed by atoms with E-state index in [9.17, 15) is 5.11 Å². The lowest BCUT2D eigenvalue weighted by Crippen LogP contribution is -2.28. The summed E-state index contributed by atoms with van der Waals surface area (Å²) >= 11 is 1.73. The molecular weight excluding hydrogens is 432 g/mol. The van der Waals surface area contributed by atoms with Crippen molar-refractivity contribution in [2.75, 3.05) is 18.5 Å². The van der Waals surface area contributed by atoms with Crippen LogP contribution in [-0.2, 0) is 6.54 Å². The van der Waals surface area contributed by atoms with Crippen LogP contribution in [0.15, 0.2) is 66.9 Å². The van der Waals surface area contributed by atoms with Crippen LogP contribution < -0.4 is 10.6 Å². The number of aliphatic hydroxyl groups excluding tert-OH is 2. The Balaban J connectivity index is 1.36. The molecule has 0 spiro atoms. The summed E-state index contributed by atoms with van der Waals surface area (Å²) in [7, 11) is 0. The molecule has 5 aromatic rings.